The van der Waals surface area contributed by atoms with Crippen LogP contribution in [0.2, 0.25) is 0 Å². The first-order valence-corrected chi connectivity index (χ1v) is 8.85. The molecule has 1 aromatic carbocycles. The van der Waals surface area contributed by atoms with Crippen LogP contribution in [-0.4, -0.2) is 76.0 Å². The number of rotatable bonds is 6. The highest BCUT2D eigenvalue weighted by Crippen LogP contribution is 2.33. The number of hydrogen-bond acceptors (Lipinski definition) is 4. The molecule has 0 aromatic heterocycles. The molecule has 0 saturated carbocycles. The minimum absolute atomic E-state index is 0.320. The maximum absolute atomic E-state index is 5.97. The van der Waals surface area contributed by atoms with Gasteiger partial charge in [0.1, 0.15) is 0 Å². The third-order valence-corrected chi connectivity index (χ3v) is 5.21. The van der Waals surface area contributed by atoms with E-state index >= 15 is 0 Å². The first-order chi connectivity index (χ1) is 11.3. The quantitative estimate of drug-likeness (QED) is 0.800. The molecular weight excluding hydrogens is 288 g/mol. The van der Waals surface area contributed by atoms with Crippen LogP contribution >= 0.6 is 0 Å². The van der Waals surface area contributed by atoms with E-state index in [9.17, 15) is 0 Å². The van der Waals surface area contributed by atoms with Crippen molar-refractivity contribution >= 4 is 0 Å². The standard InChI is InChI=1S/C19H30N2O2/c1-22-13-11-21-10-8-19(16-21)15-20(12-14-23-17-19)9-7-18-5-3-2-4-6-18/h2-6H,7-17H2,1H3/t19-/m0/s1. The van der Waals surface area contributed by atoms with Gasteiger partial charge in [-0.25, -0.2) is 0 Å². The highest BCUT2D eigenvalue weighted by Gasteiger charge is 2.40. The first-order valence-electron chi connectivity index (χ1n) is 8.85. The fourth-order valence-corrected chi connectivity index (χ4v) is 3.89. The molecule has 0 amide bonds. The Morgan fingerprint density at radius 3 is 2.65 bits per heavy atom. The zero-order valence-electron chi connectivity index (χ0n) is 14.4. The van der Waals surface area contributed by atoms with Crippen molar-refractivity contribution in [2.75, 3.05) is 66.2 Å². The summed E-state index contributed by atoms with van der Waals surface area (Å²) in [5, 5.41) is 0. The van der Waals surface area contributed by atoms with Gasteiger partial charge in [0, 0.05) is 45.2 Å². The van der Waals surface area contributed by atoms with E-state index in [-0.39, 0.29) is 0 Å². The Bertz CT molecular complexity index is 468. The maximum atomic E-state index is 5.97. The molecule has 0 unspecified atom stereocenters. The first kappa shape index (κ1) is 16.9. The molecule has 4 heteroatoms. The van der Waals surface area contributed by atoms with Gasteiger partial charge in [-0.15, -0.1) is 0 Å². The van der Waals surface area contributed by atoms with Crippen molar-refractivity contribution in [2.24, 2.45) is 5.41 Å². The lowest BCUT2D eigenvalue weighted by atomic mass is 9.87. The molecular formula is C19H30N2O2. The molecule has 128 valence electrons. The van der Waals surface area contributed by atoms with E-state index in [1.54, 1.807) is 7.11 Å². The normalized spacial score (nSPS) is 26.7. The lowest BCUT2D eigenvalue weighted by molar-refractivity contribution is 0.0684. The van der Waals surface area contributed by atoms with Gasteiger partial charge in [-0.1, -0.05) is 30.3 Å². The Hall–Kier alpha value is -0.940. The van der Waals surface area contributed by atoms with Crippen molar-refractivity contribution in [3.8, 4) is 0 Å². The zero-order chi connectivity index (χ0) is 16.0. The molecule has 2 fully saturated rings. The van der Waals surface area contributed by atoms with Crippen LogP contribution in [0.1, 0.15) is 12.0 Å². The van der Waals surface area contributed by atoms with E-state index in [0.29, 0.717) is 5.41 Å². The molecule has 0 bridgehead atoms. The van der Waals surface area contributed by atoms with E-state index in [2.05, 4.69) is 40.1 Å². The number of likely N-dealkylation sites (tertiary alicyclic amines) is 1. The smallest absolute Gasteiger partial charge is 0.0593 e. The summed E-state index contributed by atoms with van der Waals surface area (Å²) in [7, 11) is 1.78. The van der Waals surface area contributed by atoms with Gasteiger partial charge >= 0.3 is 0 Å². The van der Waals surface area contributed by atoms with Crippen molar-refractivity contribution in [1.29, 1.82) is 0 Å². The summed E-state index contributed by atoms with van der Waals surface area (Å²) >= 11 is 0. The monoisotopic (exact) mass is 318 g/mol. The van der Waals surface area contributed by atoms with E-state index in [1.807, 2.05) is 0 Å². The Balaban J connectivity index is 1.54. The predicted octanol–water partition coefficient (Wildman–Crippen LogP) is 1.90. The molecule has 0 aliphatic carbocycles. The third kappa shape index (κ3) is 4.77. The molecule has 2 heterocycles. The topological polar surface area (TPSA) is 24.9 Å². The van der Waals surface area contributed by atoms with Crippen LogP contribution in [0, 0.1) is 5.41 Å². The molecule has 3 rings (SSSR count). The van der Waals surface area contributed by atoms with Gasteiger partial charge in [-0.3, -0.25) is 0 Å². The van der Waals surface area contributed by atoms with Gasteiger partial charge in [0.2, 0.25) is 0 Å². The molecule has 4 nitrogen and oxygen atoms in total. The van der Waals surface area contributed by atoms with Gasteiger partial charge in [-0.05, 0) is 24.9 Å². The number of ether oxygens (including phenoxy) is 2. The van der Waals surface area contributed by atoms with Crippen molar-refractivity contribution in [3.05, 3.63) is 35.9 Å². The minimum atomic E-state index is 0.320. The Kier molecular flexibility index (Phi) is 6.06. The average Bonchev–Trinajstić information content (AvgIpc) is 2.86. The average molecular weight is 318 g/mol. The number of hydrogen-bond donors (Lipinski definition) is 0. The van der Waals surface area contributed by atoms with Gasteiger partial charge < -0.3 is 19.3 Å². The minimum Gasteiger partial charge on any atom is -0.383 e. The SMILES string of the molecule is COCCN1CC[C@@]2(COCCN(CCc3ccccc3)C2)C1. The van der Waals surface area contributed by atoms with Gasteiger partial charge in [-0.2, -0.15) is 0 Å². The Morgan fingerprint density at radius 1 is 1.09 bits per heavy atom. The van der Waals surface area contributed by atoms with Crippen LogP contribution in [0.15, 0.2) is 30.3 Å². The van der Waals surface area contributed by atoms with Gasteiger partial charge in [0.25, 0.3) is 0 Å². The third-order valence-electron chi connectivity index (χ3n) is 5.21. The Labute approximate surface area is 140 Å². The van der Waals surface area contributed by atoms with Crippen LogP contribution in [0.5, 0.6) is 0 Å². The molecule has 23 heavy (non-hydrogen) atoms. The zero-order valence-corrected chi connectivity index (χ0v) is 14.4. The molecule has 1 atom stereocenters. The number of benzene rings is 1. The predicted molar refractivity (Wildman–Crippen MR) is 92.8 cm³/mol. The van der Waals surface area contributed by atoms with E-state index in [0.717, 1.165) is 52.4 Å². The van der Waals surface area contributed by atoms with Crippen LogP contribution in [0.25, 0.3) is 0 Å². The number of methoxy groups -OCH3 is 1. The fourth-order valence-electron chi connectivity index (χ4n) is 3.89. The molecule has 2 aliphatic rings. The summed E-state index contributed by atoms with van der Waals surface area (Å²) in [6.07, 6.45) is 2.38. The highest BCUT2D eigenvalue weighted by atomic mass is 16.5. The molecule has 1 aromatic rings. The van der Waals surface area contributed by atoms with Crippen LogP contribution in [-0.2, 0) is 15.9 Å². The van der Waals surface area contributed by atoms with Crippen molar-refractivity contribution in [2.45, 2.75) is 12.8 Å². The Morgan fingerprint density at radius 2 is 1.87 bits per heavy atom. The summed E-state index contributed by atoms with van der Waals surface area (Å²) in [5.41, 5.74) is 1.75. The van der Waals surface area contributed by atoms with Crippen molar-refractivity contribution in [3.63, 3.8) is 0 Å². The van der Waals surface area contributed by atoms with E-state index in [4.69, 9.17) is 9.47 Å². The van der Waals surface area contributed by atoms with Gasteiger partial charge in [0.05, 0.1) is 19.8 Å². The van der Waals surface area contributed by atoms with Crippen LogP contribution < -0.4 is 0 Å². The lowest BCUT2D eigenvalue weighted by Gasteiger charge is -2.32. The summed E-state index contributed by atoms with van der Waals surface area (Å²) in [4.78, 5) is 5.15. The summed E-state index contributed by atoms with van der Waals surface area (Å²) in [5.74, 6) is 0. The second kappa shape index (κ2) is 8.25. The van der Waals surface area contributed by atoms with E-state index in [1.165, 1.54) is 25.1 Å². The molecule has 1 spiro atoms. The number of nitrogens with zero attached hydrogens (tertiary/aromatic N) is 2. The van der Waals surface area contributed by atoms with Crippen molar-refractivity contribution in [1.82, 2.24) is 9.80 Å². The summed E-state index contributed by atoms with van der Waals surface area (Å²) in [6.45, 7) is 9.35. The molecule has 0 radical (unpaired) electrons. The maximum Gasteiger partial charge on any atom is 0.0593 e. The summed E-state index contributed by atoms with van der Waals surface area (Å²) in [6, 6.07) is 10.8. The molecule has 2 aliphatic heterocycles. The molecule has 0 N–H and O–H groups in total. The van der Waals surface area contributed by atoms with Gasteiger partial charge in [0.15, 0.2) is 0 Å². The van der Waals surface area contributed by atoms with Crippen LogP contribution in [0.3, 0.4) is 0 Å². The lowest BCUT2D eigenvalue weighted by Crippen LogP contribution is -2.41. The summed E-state index contributed by atoms with van der Waals surface area (Å²) < 4.78 is 11.2. The second-order valence-electron chi connectivity index (χ2n) is 7.08. The van der Waals surface area contributed by atoms with Crippen LogP contribution in [0.4, 0.5) is 0 Å². The van der Waals surface area contributed by atoms with E-state index < -0.39 is 0 Å². The highest BCUT2D eigenvalue weighted by molar-refractivity contribution is 5.14. The fraction of sp³-hybridized carbons (Fsp3) is 0.684. The second-order valence-corrected chi connectivity index (χ2v) is 7.08. The molecule has 2 saturated heterocycles. The van der Waals surface area contributed by atoms with Crippen molar-refractivity contribution < 1.29 is 9.47 Å². The largest absolute Gasteiger partial charge is 0.383 e.